The molecule has 0 unspecified atom stereocenters. The van der Waals surface area contributed by atoms with E-state index in [-0.39, 0.29) is 6.09 Å². The summed E-state index contributed by atoms with van der Waals surface area (Å²) in [5.74, 6) is 0. The van der Waals surface area contributed by atoms with E-state index in [1.165, 1.54) is 10.1 Å². The number of anilines is 1. The van der Waals surface area contributed by atoms with Crippen LogP contribution in [-0.4, -0.2) is 16.3 Å². The second kappa shape index (κ2) is 6.04. The summed E-state index contributed by atoms with van der Waals surface area (Å²) in [6, 6.07) is 15.8. The molecule has 0 saturated carbocycles. The van der Waals surface area contributed by atoms with Gasteiger partial charge < -0.3 is 10.5 Å². The molecule has 0 amide bonds. The predicted molar refractivity (Wildman–Crippen MR) is 97.2 cm³/mol. The highest BCUT2D eigenvalue weighted by molar-refractivity contribution is 5.94. The van der Waals surface area contributed by atoms with Gasteiger partial charge in [0.05, 0.1) is 5.52 Å². The van der Waals surface area contributed by atoms with Crippen molar-refractivity contribution in [1.82, 2.24) is 4.57 Å². The van der Waals surface area contributed by atoms with Crippen LogP contribution in [0.3, 0.4) is 0 Å². The molecule has 0 fully saturated rings. The Balaban J connectivity index is 2.02. The standard InChI is InChI=1S/C20H22N2O2/c1-20(2,3)24-19(23)22-12-11-15-16(17(21)9-10-18(15)22)13-14-7-5-4-6-8-14/h4-12H,13,21H2,1-3H3. The molecule has 4 heteroatoms. The van der Waals surface area contributed by atoms with E-state index >= 15 is 0 Å². The lowest BCUT2D eigenvalue weighted by atomic mass is 10.00. The third-order valence-corrected chi connectivity index (χ3v) is 3.83. The average molecular weight is 322 g/mol. The van der Waals surface area contributed by atoms with Crippen LogP contribution >= 0.6 is 0 Å². The Bertz CT molecular complexity index is 874. The van der Waals surface area contributed by atoms with Gasteiger partial charge in [0.2, 0.25) is 0 Å². The maximum atomic E-state index is 12.4. The highest BCUT2D eigenvalue weighted by atomic mass is 16.6. The van der Waals surface area contributed by atoms with E-state index in [0.717, 1.165) is 28.6 Å². The molecular formula is C20H22N2O2. The molecule has 3 aromatic rings. The van der Waals surface area contributed by atoms with Gasteiger partial charge in [0, 0.05) is 23.7 Å². The number of aromatic nitrogens is 1. The van der Waals surface area contributed by atoms with Crippen LogP contribution in [0.25, 0.3) is 10.9 Å². The fraction of sp³-hybridized carbons (Fsp3) is 0.250. The first-order chi connectivity index (χ1) is 11.3. The van der Waals surface area contributed by atoms with Crippen molar-refractivity contribution < 1.29 is 9.53 Å². The second-order valence-corrected chi connectivity index (χ2v) is 6.89. The van der Waals surface area contributed by atoms with Crippen LogP contribution in [-0.2, 0) is 11.2 Å². The van der Waals surface area contributed by atoms with Gasteiger partial charge in [0.25, 0.3) is 0 Å². The van der Waals surface area contributed by atoms with Gasteiger partial charge >= 0.3 is 6.09 Å². The lowest BCUT2D eigenvalue weighted by molar-refractivity contribution is 0.0544. The number of nitrogens with zero attached hydrogens (tertiary/aromatic N) is 1. The summed E-state index contributed by atoms with van der Waals surface area (Å²) in [5.41, 5.74) is 9.41. The van der Waals surface area contributed by atoms with Crippen LogP contribution in [0.5, 0.6) is 0 Å². The van der Waals surface area contributed by atoms with Crippen molar-refractivity contribution in [3.05, 3.63) is 65.9 Å². The van der Waals surface area contributed by atoms with Crippen molar-refractivity contribution >= 4 is 22.7 Å². The minimum atomic E-state index is -0.533. The molecule has 0 spiro atoms. The highest BCUT2D eigenvalue weighted by Crippen LogP contribution is 2.28. The number of ether oxygens (including phenoxy) is 1. The normalized spacial score (nSPS) is 11.6. The molecule has 0 bridgehead atoms. The molecule has 124 valence electrons. The van der Waals surface area contributed by atoms with E-state index in [4.69, 9.17) is 10.5 Å². The van der Waals surface area contributed by atoms with Crippen LogP contribution in [0.1, 0.15) is 31.9 Å². The summed E-state index contributed by atoms with van der Waals surface area (Å²) >= 11 is 0. The Morgan fingerprint density at radius 2 is 1.79 bits per heavy atom. The highest BCUT2D eigenvalue weighted by Gasteiger charge is 2.20. The fourth-order valence-electron chi connectivity index (χ4n) is 2.76. The zero-order valence-corrected chi connectivity index (χ0v) is 14.2. The first-order valence-electron chi connectivity index (χ1n) is 8.01. The van der Waals surface area contributed by atoms with Crippen molar-refractivity contribution in [2.75, 3.05) is 5.73 Å². The zero-order valence-electron chi connectivity index (χ0n) is 14.2. The van der Waals surface area contributed by atoms with E-state index in [0.29, 0.717) is 0 Å². The SMILES string of the molecule is CC(C)(C)OC(=O)n1ccc2c(Cc3ccccc3)c(N)ccc21. The molecule has 1 heterocycles. The summed E-state index contributed by atoms with van der Waals surface area (Å²) in [6.45, 7) is 5.57. The number of hydrogen-bond donors (Lipinski definition) is 1. The van der Waals surface area contributed by atoms with Crippen molar-refractivity contribution in [3.8, 4) is 0 Å². The summed E-state index contributed by atoms with van der Waals surface area (Å²) in [6.07, 6.45) is 2.09. The first kappa shape index (κ1) is 16.1. The lowest BCUT2D eigenvalue weighted by Crippen LogP contribution is -2.26. The van der Waals surface area contributed by atoms with Gasteiger partial charge in [-0.3, -0.25) is 4.57 Å². The summed E-state index contributed by atoms with van der Waals surface area (Å²) < 4.78 is 7.01. The van der Waals surface area contributed by atoms with E-state index in [1.54, 1.807) is 6.20 Å². The van der Waals surface area contributed by atoms with Gasteiger partial charge in [0.1, 0.15) is 5.60 Å². The number of carbonyl (C=O) groups excluding carboxylic acids is 1. The third-order valence-electron chi connectivity index (χ3n) is 3.83. The molecule has 0 atom stereocenters. The first-order valence-corrected chi connectivity index (χ1v) is 8.01. The Morgan fingerprint density at radius 1 is 1.08 bits per heavy atom. The van der Waals surface area contributed by atoms with E-state index in [2.05, 4.69) is 12.1 Å². The lowest BCUT2D eigenvalue weighted by Gasteiger charge is -2.20. The van der Waals surface area contributed by atoms with Gasteiger partial charge in [-0.1, -0.05) is 30.3 Å². The zero-order chi connectivity index (χ0) is 17.3. The molecule has 24 heavy (non-hydrogen) atoms. The Labute approximate surface area is 141 Å². The monoisotopic (exact) mass is 322 g/mol. The third kappa shape index (κ3) is 3.27. The van der Waals surface area contributed by atoms with Crippen LogP contribution in [0.4, 0.5) is 10.5 Å². The molecule has 0 aliphatic heterocycles. The molecule has 3 rings (SSSR count). The topological polar surface area (TPSA) is 57.2 Å². The number of nitrogens with two attached hydrogens (primary N) is 1. The average Bonchev–Trinajstić information content (AvgIpc) is 2.94. The maximum Gasteiger partial charge on any atom is 0.418 e. The minimum absolute atomic E-state index is 0.382. The Morgan fingerprint density at radius 3 is 2.46 bits per heavy atom. The van der Waals surface area contributed by atoms with E-state index in [1.807, 2.05) is 57.2 Å². The number of fused-ring (bicyclic) bond motifs is 1. The molecule has 4 nitrogen and oxygen atoms in total. The quantitative estimate of drug-likeness (QED) is 0.702. The van der Waals surface area contributed by atoms with Crippen LogP contribution in [0, 0.1) is 0 Å². The molecular weight excluding hydrogens is 300 g/mol. The Kier molecular flexibility index (Phi) is 4.06. The molecule has 0 aliphatic rings. The van der Waals surface area contributed by atoms with Crippen LogP contribution < -0.4 is 5.73 Å². The number of nitrogen functional groups attached to an aromatic ring is 1. The minimum Gasteiger partial charge on any atom is -0.443 e. The van der Waals surface area contributed by atoms with E-state index < -0.39 is 5.60 Å². The predicted octanol–water partition coefficient (Wildman–Crippen LogP) is 4.60. The van der Waals surface area contributed by atoms with Crippen molar-refractivity contribution in [2.45, 2.75) is 32.8 Å². The number of rotatable bonds is 2. The molecule has 1 aromatic heterocycles. The number of hydrogen-bond acceptors (Lipinski definition) is 3. The molecule has 0 radical (unpaired) electrons. The van der Waals surface area contributed by atoms with Crippen LogP contribution in [0.15, 0.2) is 54.7 Å². The van der Waals surface area contributed by atoms with Gasteiger partial charge in [-0.25, -0.2) is 4.79 Å². The van der Waals surface area contributed by atoms with Crippen molar-refractivity contribution in [3.63, 3.8) is 0 Å². The van der Waals surface area contributed by atoms with Gasteiger partial charge in [0.15, 0.2) is 0 Å². The summed E-state index contributed by atoms with van der Waals surface area (Å²) in [7, 11) is 0. The van der Waals surface area contributed by atoms with Crippen LogP contribution in [0.2, 0.25) is 0 Å². The van der Waals surface area contributed by atoms with Gasteiger partial charge in [-0.05, 0) is 50.1 Å². The van der Waals surface area contributed by atoms with Crippen molar-refractivity contribution in [2.24, 2.45) is 0 Å². The maximum absolute atomic E-state index is 12.4. The summed E-state index contributed by atoms with van der Waals surface area (Å²) in [5, 5.41) is 0.977. The molecule has 0 aliphatic carbocycles. The van der Waals surface area contributed by atoms with Gasteiger partial charge in [-0.15, -0.1) is 0 Å². The van der Waals surface area contributed by atoms with E-state index in [9.17, 15) is 4.79 Å². The number of benzene rings is 2. The molecule has 2 aromatic carbocycles. The smallest absolute Gasteiger partial charge is 0.418 e. The Hall–Kier alpha value is -2.75. The molecule has 2 N–H and O–H groups in total. The molecule has 0 saturated heterocycles. The fourth-order valence-corrected chi connectivity index (χ4v) is 2.76. The van der Waals surface area contributed by atoms with Gasteiger partial charge in [-0.2, -0.15) is 0 Å². The summed E-state index contributed by atoms with van der Waals surface area (Å²) in [4.78, 5) is 12.4. The number of carbonyl (C=O) groups is 1. The van der Waals surface area contributed by atoms with Crippen molar-refractivity contribution in [1.29, 1.82) is 0 Å². The second-order valence-electron chi connectivity index (χ2n) is 6.89. The largest absolute Gasteiger partial charge is 0.443 e.